The first-order chi connectivity index (χ1) is 7.38. The topological polar surface area (TPSA) is 79.4 Å². The van der Waals surface area contributed by atoms with Gasteiger partial charge in [0.05, 0.1) is 0 Å². The smallest absolute Gasteiger partial charge is 0.229 e. The molecule has 0 amide bonds. The first kappa shape index (κ1) is 9.91. The summed E-state index contributed by atoms with van der Waals surface area (Å²) in [5.41, 5.74) is 0. The van der Waals surface area contributed by atoms with E-state index in [0.29, 0.717) is 11.9 Å². The van der Waals surface area contributed by atoms with E-state index >= 15 is 0 Å². The maximum atomic E-state index is 4.20. The average Bonchev–Trinajstić information content (AvgIpc) is 2.68. The van der Waals surface area contributed by atoms with Crippen molar-refractivity contribution in [1.29, 1.82) is 0 Å². The molecule has 15 heavy (non-hydrogen) atoms. The number of anilines is 2. The predicted octanol–water partition coefficient (Wildman–Crippen LogP) is 1.45. The van der Waals surface area contributed by atoms with Gasteiger partial charge in [0.15, 0.2) is 0 Å². The van der Waals surface area contributed by atoms with Crippen LogP contribution in [0.2, 0.25) is 0 Å². The van der Waals surface area contributed by atoms with E-state index in [-0.39, 0.29) is 0 Å². The lowest BCUT2D eigenvalue weighted by atomic mass is 10.7. The molecule has 2 N–H and O–H groups in total. The second-order valence-electron chi connectivity index (χ2n) is 2.60. The molecule has 2 rings (SSSR count). The number of hydrogen-bond donors (Lipinski definition) is 2. The highest BCUT2D eigenvalue weighted by molar-refractivity contribution is 7.99. The molecule has 6 nitrogen and oxygen atoms in total. The molecular weight excluding hydrogens is 212 g/mol. The Balaban J connectivity index is 2.05. The Bertz CT molecular complexity index is 414. The predicted molar refractivity (Wildman–Crippen MR) is 58.1 cm³/mol. The Labute approximate surface area is 90.9 Å². The van der Waals surface area contributed by atoms with E-state index in [1.807, 2.05) is 0 Å². The maximum Gasteiger partial charge on any atom is 0.229 e. The fraction of sp³-hybridized carbons (Fsp3) is 0.250. The molecule has 0 spiro atoms. The number of thioether (sulfide) groups is 1. The molecule has 0 fully saturated rings. The molecule has 0 atom stereocenters. The molecule has 0 aliphatic rings. The van der Waals surface area contributed by atoms with Crippen molar-refractivity contribution in [1.82, 2.24) is 25.1 Å². The molecule has 2 aromatic rings. The van der Waals surface area contributed by atoms with Gasteiger partial charge in [-0.05, 0) is 11.8 Å². The first-order valence-corrected chi connectivity index (χ1v) is 5.46. The van der Waals surface area contributed by atoms with Gasteiger partial charge in [-0.2, -0.15) is 4.98 Å². The molecule has 0 aliphatic heterocycles. The Morgan fingerprint density at radius 2 is 2.20 bits per heavy atom. The van der Waals surface area contributed by atoms with Crippen LogP contribution >= 0.6 is 11.8 Å². The summed E-state index contributed by atoms with van der Waals surface area (Å²) in [6.45, 7) is 2.05. The van der Waals surface area contributed by atoms with Crippen LogP contribution in [0.4, 0.5) is 11.9 Å². The first-order valence-electron chi connectivity index (χ1n) is 4.47. The van der Waals surface area contributed by atoms with Crippen molar-refractivity contribution < 1.29 is 0 Å². The van der Waals surface area contributed by atoms with Crippen LogP contribution in [-0.2, 0) is 0 Å². The lowest BCUT2D eigenvalue weighted by Crippen LogP contribution is -1.97. The van der Waals surface area contributed by atoms with Crippen molar-refractivity contribution >= 4 is 23.7 Å². The Kier molecular flexibility index (Phi) is 3.13. The zero-order valence-electron chi connectivity index (χ0n) is 8.14. The van der Waals surface area contributed by atoms with E-state index < -0.39 is 0 Å². The fourth-order valence-electron chi connectivity index (χ4n) is 0.966. The number of H-pyrrole nitrogens is 1. The summed E-state index contributed by atoms with van der Waals surface area (Å²) in [5.74, 6) is 2.00. The highest BCUT2D eigenvalue weighted by Crippen LogP contribution is 2.14. The van der Waals surface area contributed by atoms with Gasteiger partial charge in [-0.15, -0.1) is 5.10 Å². The number of rotatable bonds is 4. The monoisotopic (exact) mass is 222 g/mol. The molecule has 0 saturated heterocycles. The molecule has 2 heterocycles. The number of nitrogens with one attached hydrogen (secondary N) is 2. The van der Waals surface area contributed by atoms with E-state index in [9.17, 15) is 0 Å². The Hall–Kier alpha value is -1.63. The summed E-state index contributed by atoms with van der Waals surface area (Å²) in [7, 11) is 0. The number of nitrogens with zero attached hydrogens (tertiary/aromatic N) is 4. The number of aromatic nitrogens is 5. The summed E-state index contributed by atoms with van der Waals surface area (Å²) in [4.78, 5) is 12.2. The lowest BCUT2D eigenvalue weighted by molar-refractivity contribution is 0.974. The molecule has 0 unspecified atom stereocenters. The van der Waals surface area contributed by atoms with Crippen molar-refractivity contribution in [2.24, 2.45) is 0 Å². The van der Waals surface area contributed by atoms with Gasteiger partial charge in [0.2, 0.25) is 17.1 Å². The van der Waals surface area contributed by atoms with Crippen LogP contribution in [0.5, 0.6) is 0 Å². The van der Waals surface area contributed by atoms with Gasteiger partial charge in [0, 0.05) is 12.4 Å². The third kappa shape index (κ3) is 2.66. The van der Waals surface area contributed by atoms with Crippen LogP contribution in [0.1, 0.15) is 6.92 Å². The van der Waals surface area contributed by atoms with Crippen molar-refractivity contribution in [2.75, 3.05) is 11.1 Å². The van der Waals surface area contributed by atoms with Crippen LogP contribution in [0.15, 0.2) is 23.6 Å². The quantitative estimate of drug-likeness (QED) is 0.762. The summed E-state index contributed by atoms with van der Waals surface area (Å²) >= 11 is 1.57. The minimum Gasteiger partial charge on any atom is -0.293 e. The van der Waals surface area contributed by atoms with Crippen LogP contribution in [0, 0.1) is 0 Å². The van der Waals surface area contributed by atoms with Gasteiger partial charge in [0.1, 0.15) is 0 Å². The van der Waals surface area contributed by atoms with Crippen molar-refractivity contribution in [3.8, 4) is 0 Å². The molecule has 78 valence electrons. The summed E-state index contributed by atoms with van der Waals surface area (Å²) in [6.07, 6.45) is 3.32. The van der Waals surface area contributed by atoms with E-state index in [1.165, 1.54) is 0 Å². The molecule has 0 aliphatic carbocycles. The zero-order chi connectivity index (χ0) is 10.5. The maximum absolute atomic E-state index is 4.20. The highest BCUT2D eigenvalue weighted by Gasteiger charge is 2.03. The summed E-state index contributed by atoms with van der Waals surface area (Å²) < 4.78 is 0. The summed E-state index contributed by atoms with van der Waals surface area (Å²) in [5, 5.41) is 10.4. The molecule has 0 aromatic carbocycles. The van der Waals surface area contributed by atoms with Crippen molar-refractivity contribution in [3.63, 3.8) is 0 Å². The normalized spacial score (nSPS) is 10.2. The van der Waals surface area contributed by atoms with E-state index in [2.05, 4.69) is 37.4 Å². The highest BCUT2D eigenvalue weighted by atomic mass is 32.2. The average molecular weight is 222 g/mol. The van der Waals surface area contributed by atoms with E-state index in [4.69, 9.17) is 0 Å². The number of hydrogen-bond acceptors (Lipinski definition) is 6. The van der Waals surface area contributed by atoms with Gasteiger partial charge in [0.25, 0.3) is 0 Å². The molecule has 2 aromatic heterocycles. The van der Waals surface area contributed by atoms with E-state index in [1.54, 1.807) is 30.2 Å². The molecular formula is C8H10N6S. The van der Waals surface area contributed by atoms with Gasteiger partial charge < -0.3 is 0 Å². The lowest BCUT2D eigenvalue weighted by Gasteiger charge is -1.97. The zero-order valence-corrected chi connectivity index (χ0v) is 8.95. The molecule has 0 radical (unpaired) electrons. The Morgan fingerprint density at radius 3 is 2.93 bits per heavy atom. The minimum absolute atomic E-state index is 0.502. The van der Waals surface area contributed by atoms with Crippen LogP contribution in [-0.4, -0.2) is 30.9 Å². The van der Waals surface area contributed by atoms with Gasteiger partial charge in [-0.3, -0.25) is 5.32 Å². The Morgan fingerprint density at radius 1 is 1.40 bits per heavy atom. The van der Waals surface area contributed by atoms with Crippen LogP contribution in [0.25, 0.3) is 0 Å². The van der Waals surface area contributed by atoms with Crippen molar-refractivity contribution in [2.45, 2.75) is 12.1 Å². The second kappa shape index (κ2) is 4.74. The SMILES string of the molecule is CCSc1n[nH]c(Nc2ncccn2)n1. The third-order valence-corrected chi connectivity index (χ3v) is 2.26. The fourth-order valence-corrected chi connectivity index (χ4v) is 1.49. The van der Waals surface area contributed by atoms with Crippen LogP contribution < -0.4 is 5.32 Å². The van der Waals surface area contributed by atoms with Gasteiger partial charge in [-0.25, -0.2) is 15.1 Å². The standard InChI is InChI=1S/C8H10N6S/c1-2-15-8-12-7(13-14-8)11-6-9-4-3-5-10-6/h3-5H,2H2,1H3,(H2,9,10,11,12,13,14). The van der Waals surface area contributed by atoms with Crippen molar-refractivity contribution in [3.05, 3.63) is 18.5 Å². The third-order valence-electron chi connectivity index (χ3n) is 1.53. The second-order valence-corrected chi connectivity index (χ2v) is 3.83. The van der Waals surface area contributed by atoms with E-state index in [0.717, 1.165) is 10.9 Å². The minimum atomic E-state index is 0.502. The van der Waals surface area contributed by atoms with Crippen LogP contribution in [0.3, 0.4) is 0 Å². The largest absolute Gasteiger partial charge is 0.293 e. The van der Waals surface area contributed by atoms with Gasteiger partial charge >= 0.3 is 0 Å². The number of aromatic amines is 1. The molecule has 0 saturated carbocycles. The molecule has 0 bridgehead atoms. The molecule has 7 heteroatoms. The summed E-state index contributed by atoms with van der Waals surface area (Å²) in [6, 6.07) is 1.75. The van der Waals surface area contributed by atoms with Gasteiger partial charge in [-0.1, -0.05) is 18.7 Å².